The minimum absolute atomic E-state index is 0.697. The number of rotatable bonds is 9. The van der Waals surface area contributed by atoms with E-state index in [1.54, 1.807) is 7.11 Å². The molecule has 0 unspecified atom stereocenters. The fraction of sp³-hybridized carbons (Fsp3) is 0.643. The third-order valence-electron chi connectivity index (χ3n) is 2.64. The predicted molar refractivity (Wildman–Crippen MR) is 76.0 cm³/mol. The van der Waals surface area contributed by atoms with Gasteiger partial charge in [-0.25, -0.2) is 4.98 Å². The lowest BCUT2D eigenvalue weighted by molar-refractivity contribution is 0.210. The Kier molecular flexibility index (Phi) is 7.37. The van der Waals surface area contributed by atoms with Gasteiger partial charge in [-0.05, 0) is 30.7 Å². The topological polar surface area (TPSA) is 46.2 Å². The predicted octanol–water partition coefficient (Wildman–Crippen LogP) is 2.20. The first-order valence-corrected chi connectivity index (χ1v) is 6.73. The van der Waals surface area contributed by atoms with Gasteiger partial charge in [0.1, 0.15) is 5.82 Å². The maximum Gasteiger partial charge on any atom is 0.126 e. The molecule has 0 radical (unpaired) electrons. The lowest BCUT2D eigenvalue weighted by atomic mass is 10.1. The minimum atomic E-state index is 0.697. The van der Waals surface area contributed by atoms with Gasteiger partial charge in [-0.3, -0.25) is 0 Å². The number of pyridine rings is 1. The van der Waals surface area contributed by atoms with Crippen molar-refractivity contribution in [2.24, 2.45) is 0 Å². The standard InChI is InChI=1S/C14H25N3O/c1-4-6-13-9-12(11-15-5-2)10-14(17-13)16-7-8-18-3/h9-10,15H,4-8,11H2,1-3H3,(H,16,17). The highest BCUT2D eigenvalue weighted by atomic mass is 16.5. The third-order valence-corrected chi connectivity index (χ3v) is 2.64. The molecule has 2 N–H and O–H groups in total. The van der Waals surface area contributed by atoms with Gasteiger partial charge in [0.2, 0.25) is 0 Å². The fourth-order valence-electron chi connectivity index (χ4n) is 1.78. The summed E-state index contributed by atoms with van der Waals surface area (Å²) in [6, 6.07) is 4.30. The SMILES string of the molecule is CCCc1cc(CNCC)cc(NCCOC)n1. The summed E-state index contributed by atoms with van der Waals surface area (Å²) in [5.41, 5.74) is 2.45. The van der Waals surface area contributed by atoms with Crippen molar-refractivity contribution in [3.63, 3.8) is 0 Å². The Balaban J connectivity index is 2.70. The van der Waals surface area contributed by atoms with E-state index in [4.69, 9.17) is 4.74 Å². The van der Waals surface area contributed by atoms with Gasteiger partial charge >= 0.3 is 0 Å². The molecule has 0 aromatic carbocycles. The lowest BCUT2D eigenvalue weighted by Gasteiger charge is -2.10. The molecular formula is C14H25N3O. The average Bonchev–Trinajstić information content (AvgIpc) is 2.37. The summed E-state index contributed by atoms with van der Waals surface area (Å²) in [6.45, 7) is 7.66. The molecule has 0 fully saturated rings. The summed E-state index contributed by atoms with van der Waals surface area (Å²) >= 11 is 0. The van der Waals surface area contributed by atoms with Crippen LogP contribution in [0.1, 0.15) is 31.5 Å². The molecule has 0 bridgehead atoms. The molecule has 1 aromatic rings. The maximum absolute atomic E-state index is 5.03. The van der Waals surface area contributed by atoms with Gasteiger partial charge < -0.3 is 15.4 Å². The number of hydrogen-bond acceptors (Lipinski definition) is 4. The van der Waals surface area contributed by atoms with E-state index in [9.17, 15) is 0 Å². The normalized spacial score (nSPS) is 10.6. The van der Waals surface area contributed by atoms with E-state index >= 15 is 0 Å². The van der Waals surface area contributed by atoms with Gasteiger partial charge in [0, 0.05) is 25.9 Å². The summed E-state index contributed by atoms with van der Waals surface area (Å²) < 4.78 is 5.03. The number of ether oxygens (including phenoxy) is 1. The summed E-state index contributed by atoms with van der Waals surface area (Å²) in [5, 5.41) is 6.65. The van der Waals surface area contributed by atoms with E-state index in [2.05, 4.69) is 41.6 Å². The van der Waals surface area contributed by atoms with Crippen LogP contribution in [0.2, 0.25) is 0 Å². The van der Waals surface area contributed by atoms with Gasteiger partial charge in [0.25, 0.3) is 0 Å². The Morgan fingerprint density at radius 3 is 2.78 bits per heavy atom. The zero-order valence-electron chi connectivity index (χ0n) is 11.8. The second-order valence-electron chi connectivity index (χ2n) is 4.30. The van der Waals surface area contributed by atoms with Gasteiger partial charge in [-0.15, -0.1) is 0 Å². The number of nitrogens with zero attached hydrogens (tertiary/aromatic N) is 1. The summed E-state index contributed by atoms with van der Waals surface area (Å²) in [6.07, 6.45) is 2.15. The Hall–Kier alpha value is -1.13. The van der Waals surface area contributed by atoms with Gasteiger partial charge in [-0.2, -0.15) is 0 Å². The highest BCUT2D eigenvalue weighted by Crippen LogP contribution is 2.12. The van der Waals surface area contributed by atoms with Crippen molar-refractivity contribution in [2.45, 2.75) is 33.2 Å². The van der Waals surface area contributed by atoms with Crippen LogP contribution < -0.4 is 10.6 Å². The summed E-state index contributed by atoms with van der Waals surface area (Å²) in [4.78, 5) is 4.61. The molecule has 0 spiro atoms. The Labute approximate surface area is 110 Å². The van der Waals surface area contributed by atoms with Crippen LogP contribution in [0, 0.1) is 0 Å². The number of nitrogens with one attached hydrogen (secondary N) is 2. The number of aromatic nitrogens is 1. The summed E-state index contributed by atoms with van der Waals surface area (Å²) in [5.74, 6) is 0.950. The van der Waals surface area contributed by atoms with Crippen LogP contribution >= 0.6 is 0 Å². The smallest absolute Gasteiger partial charge is 0.126 e. The molecule has 0 atom stereocenters. The van der Waals surface area contributed by atoms with Gasteiger partial charge in [0.15, 0.2) is 0 Å². The zero-order chi connectivity index (χ0) is 13.2. The van der Waals surface area contributed by atoms with Crippen molar-refractivity contribution < 1.29 is 4.74 Å². The Bertz CT molecular complexity index is 342. The van der Waals surface area contributed by atoms with Crippen LogP contribution in [-0.4, -0.2) is 31.8 Å². The van der Waals surface area contributed by atoms with E-state index in [0.717, 1.165) is 44.0 Å². The first-order chi connectivity index (χ1) is 8.80. The van der Waals surface area contributed by atoms with Crippen LogP contribution in [0.15, 0.2) is 12.1 Å². The second-order valence-corrected chi connectivity index (χ2v) is 4.30. The minimum Gasteiger partial charge on any atom is -0.383 e. The van der Waals surface area contributed by atoms with Crippen LogP contribution in [0.4, 0.5) is 5.82 Å². The van der Waals surface area contributed by atoms with E-state index in [0.29, 0.717) is 6.61 Å². The first kappa shape index (κ1) is 14.9. The monoisotopic (exact) mass is 251 g/mol. The molecule has 0 aliphatic rings. The maximum atomic E-state index is 5.03. The number of methoxy groups -OCH3 is 1. The Morgan fingerprint density at radius 2 is 2.11 bits per heavy atom. The summed E-state index contributed by atoms with van der Waals surface area (Å²) in [7, 11) is 1.71. The van der Waals surface area contributed by atoms with Crippen LogP contribution in [-0.2, 0) is 17.7 Å². The second kappa shape index (κ2) is 8.89. The molecule has 18 heavy (non-hydrogen) atoms. The number of hydrogen-bond donors (Lipinski definition) is 2. The Morgan fingerprint density at radius 1 is 1.28 bits per heavy atom. The molecule has 1 heterocycles. The molecule has 4 heteroatoms. The molecule has 0 saturated heterocycles. The molecule has 4 nitrogen and oxygen atoms in total. The average molecular weight is 251 g/mol. The van der Waals surface area contributed by atoms with Crippen molar-refractivity contribution >= 4 is 5.82 Å². The van der Waals surface area contributed by atoms with Crippen LogP contribution in [0.5, 0.6) is 0 Å². The quantitative estimate of drug-likeness (QED) is 0.661. The van der Waals surface area contributed by atoms with Crippen molar-refractivity contribution in [3.8, 4) is 0 Å². The first-order valence-electron chi connectivity index (χ1n) is 6.73. The molecular weight excluding hydrogens is 226 g/mol. The molecule has 0 aliphatic carbocycles. The molecule has 0 amide bonds. The highest BCUT2D eigenvalue weighted by Gasteiger charge is 2.02. The molecule has 0 aliphatic heterocycles. The lowest BCUT2D eigenvalue weighted by Crippen LogP contribution is -2.14. The third kappa shape index (κ3) is 5.47. The largest absolute Gasteiger partial charge is 0.383 e. The van der Waals surface area contributed by atoms with Crippen molar-refractivity contribution in [1.29, 1.82) is 0 Å². The van der Waals surface area contributed by atoms with E-state index in [1.165, 1.54) is 5.56 Å². The molecule has 1 rings (SSSR count). The van der Waals surface area contributed by atoms with Crippen LogP contribution in [0.25, 0.3) is 0 Å². The van der Waals surface area contributed by atoms with Gasteiger partial charge in [-0.1, -0.05) is 20.3 Å². The van der Waals surface area contributed by atoms with Crippen molar-refractivity contribution in [1.82, 2.24) is 10.3 Å². The molecule has 0 saturated carbocycles. The van der Waals surface area contributed by atoms with E-state index < -0.39 is 0 Å². The highest BCUT2D eigenvalue weighted by molar-refractivity contribution is 5.39. The fourth-order valence-corrected chi connectivity index (χ4v) is 1.78. The van der Waals surface area contributed by atoms with E-state index in [-0.39, 0.29) is 0 Å². The molecule has 1 aromatic heterocycles. The number of anilines is 1. The zero-order valence-corrected chi connectivity index (χ0v) is 11.8. The molecule has 102 valence electrons. The van der Waals surface area contributed by atoms with Crippen molar-refractivity contribution in [3.05, 3.63) is 23.4 Å². The van der Waals surface area contributed by atoms with Gasteiger partial charge in [0.05, 0.1) is 6.61 Å². The van der Waals surface area contributed by atoms with E-state index in [1.807, 2.05) is 0 Å². The van der Waals surface area contributed by atoms with Crippen molar-refractivity contribution in [2.75, 3.05) is 32.1 Å². The number of aryl methyl sites for hydroxylation is 1. The van der Waals surface area contributed by atoms with Crippen LogP contribution in [0.3, 0.4) is 0 Å².